The zero-order valence-corrected chi connectivity index (χ0v) is 9.59. The summed E-state index contributed by atoms with van der Waals surface area (Å²) in [4.78, 5) is 10.5. The van der Waals surface area contributed by atoms with Gasteiger partial charge in [0, 0.05) is 10.6 Å². The molecule has 0 saturated heterocycles. The van der Waals surface area contributed by atoms with Crippen LogP contribution in [0.4, 0.5) is 0 Å². The number of hydrogen-bond acceptors (Lipinski definition) is 2. The summed E-state index contributed by atoms with van der Waals surface area (Å²) in [7, 11) is 0. The Morgan fingerprint density at radius 2 is 2.20 bits per heavy atom. The van der Waals surface area contributed by atoms with Crippen molar-refractivity contribution in [2.45, 2.75) is 19.8 Å². The number of carbonyl (C=O) groups is 1. The number of aldehydes is 1. The van der Waals surface area contributed by atoms with Crippen molar-refractivity contribution in [1.82, 2.24) is 0 Å². The second-order valence-electron chi connectivity index (χ2n) is 3.91. The second-order valence-corrected chi connectivity index (χ2v) is 4.82. The maximum Gasteiger partial charge on any atom is 0.122 e. The lowest BCUT2D eigenvalue weighted by molar-refractivity contribution is -0.110. The van der Waals surface area contributed by atoms with Crippen LogP contribution in [0.5, 0.6) is 0 Å². The Bertz CT molecular complexity index is 458. The molecule has 0 aliphatic carbocycles. The van der Waals surface area contributed by atoms with E-state index in [1.165, 1.54) is 15.6 Å². The highest BCUT2D eigenvalue weighted by Gasteiger charge is 2.05. The smallest absolute Gasteiger partial charge is 0.122 e. The minimum atomic E-state index is 0.170. The Morgan fingerprint density at radius 3 is 3.00 bits per heavy atom. The molecule has 2 aromatic rings. The largest absolute Gasteiger partial charge is 0.303 e. The Hall–Kier alpha value is -1.15. The summed E-state index contributed by atoms with van der Waals surface area (Å²) in [5, 5.41) is 3.56. The van der Waals surface area contributed by atoms with Gasteiger partial charge in [-0.2, -0.15) is 0 Å². The normalized spacial score (nSPS) is 12.9. The van der Waals surface area contributed by atoms with E-state index in [-0.39, 0.29) is 5.92 Å². The molecule has 0 bridgehead atoms. The molecule has 0 N–H and O–H groups in total. The Kier molecular flexibility index (Phi) is 3.17. The first-order chi connectivity index (χ1) is 7.31. The molecule has 0 saturated carbocycles. The fraction of sp³-hybridized carbons (Fsp3) is 0.308. The van der Waals surface area contributed by atoms with E-state index in [2.05, 4.69) is 29.6 Å². The first-order valence-electron chi connectivity index (χ1n) is 5.21. The van der Waals surface area contributed by atoms with E-state index < -0.39 is 0 Å². The average molecular weight is 218 g/mol. The summed E-state index contributed by atoms with van der Waals surface area (Å²) in [5.74, 6) is 0.170. The van der Waals surface area contributed by atoms with Gasteiger partial charge < -0.3 is 4.79 Å². The van der Waals surface area contributed by atoms with Crippen LogP contribution < -0.4 is 0 Å². The third kappa shape index (κ3) is 2.26. The van der Waals surface area contributed by atoms with Crippen LogP contribution in [0.15, 0.2) is 29.6 Å². The van der Waals surface area contributed by atoms with Gasteiger partial charge in [0.2, 0.25) is 0 Å². The predicted molar refractivity (Wildman–Crippen MR) is 65.4 cm³/mol. The van der Waals surface area contributed by atoms with Crippen molar-refractivity contribution in [2.75, 3.05) is 0 Å². The van der Waals surface area contributed by atoms with Crippen LogP contribution >= 0.6 is 11.3 Å². The third-order valence-corrected chi connectivity index (χ3v) is 3.67. The molecule has 1 unspecified atom stereocenters. The standard InChI is InChI=1S/C13H14OS/c1-10(8-14)6-7-11-9-15-13-5-3-2-4-12(11)13/h2-5,8-10H,6-7H2,1H3. The minimum absolute atomic E-state index is 0.170. The SMILES string of the molecule is CC(C=O)CCc1csc2ccccc12. The minimum Gasteiger partial charge on any atom is -0.303 e. The van der Waals surface area contributed by atoms with Gasteiger partial charge in [-0.15, -0.1) is 11.3 Å². The van der Waals surface area contributed by atoms with E-state index in [0.29, 0.717) is 0 Å². The molecule has 0 spiro atoms. The van der Waals surface area contributed by atoms with Gasteiger partial charge >= 0.3 is 0 Å². The molecule has 0 amide bonds. The van der Waals surface area contributed by atoms with E-state index in [1.807, 2.05) is 6.92 Å². The molecular formula is C13H14OS. The van der Waals surface area contributed by atoms with Gasteiger partial charge in [-0.25, -0.2) is 0 Å². The summed E-state index contributed by atoms with van der Waals surface area (Å²) >= 11 is 1.78. The quantitative estimate of drug-likeness (QED) is 0.716. The van der Waals surface area contributed by atoms with E-state index in [1.54, 1.807) is 11.3 Å². The molecule has 15 heavy (non-hydrogen) atoms. The van der Waals surface area contributed by atoms with E-state index >= 15 is 0 Å². The molecule has 78 valence electrons. The van der Waals surface area contributed by atoms with Gasteiger partial charge in [0.25, 0.3) is 0 Å². The second kappa shape index (κ2) is 4.58. The summed E-state index contributed by atoms with van der Waals surface area (Å²) in [6.45, 7) is 1.97. The van der Waals surface area contributed by atoms with Crippen LogP contribution in [0.25, 0.3) is 10.1 Å². The monoisotopic (exact) mass is 218 g/mol. The third-order valence-electron chi connectivity index (χ3n) is 2.66. The van der Waals surface area contributed by atoms with E-state index in [9.17, 15) is 4.79 Å². The van der Waals surface area contributed by atoms with E-state index in [4.69, 9.17) is 0 Å². The van der Waals surface area contributed by atoms with Crippen LogP contribution in [-0.4, -0.2) is 6.29 Å². The molecule has 1 nitrogen and oxygen atoms in total. The zero-order chi connectivity index (χ0) is 10.7. The maximum atomic E-state index is 10.5. The van der Waals surface area contributed by atoms with Crippen LogP contribution in [0.2, 0.25) is 0 Å². The molecule has 0 aliphatic rings. The van der Waals surface area contributed by atoms with Crippen molar-refractivity contribution in [2.24, 2.45) is 5.92 Å². The predicted octanol–water partition coefficient (Wildman–Crippen LogP) is 3.67. The summed E-state index contributed by atoms with van der Waals surface area (Å²) in [6.07, 6.45) is 2.99. The number of benzene rings is 1. The van der Waals surface area contributed by atoms with Gasteiger partial charge in [-0.1, -0.05) is 25.1 Å². The molecule has 1 aromatic carbocycles. The van der Waals surface area contributed by atoms with Gasteiger partial charge in [-0.05, 0) is 35.2 Å². The highest BCUT2D eigenvalue weighted by Crippen LogP contribution is 2.27. The van der Waals surface area contributed by atoms with E-state index in [0.717, 1.165) is 19.1 Å². The molecule has 2 rings (SSSR count). The molecule has 1 heterocycles. The van der Waals surface area contributed by atoms with Crippen LogP contribution in [0.1, 0.15) is 18.9 Å². The molecular weight excluding hydrogens is 204 g/mol. The van der Waals surface area contributed by atoms with Crippen molar-refractivity contribution in [3.05, 3.63) is 35.2 Å². The van der Waals surface area contributed by atoms with Crippen molar-refractivity contribution in [3.63, 3.8) is 0 Å². The number of fused-ring (bicyclic) bond motifs is 1. The molecule has 1 aromatic heterocycles. The highest BCUT2D eigenvalue weighted by molar-refractivity contribution is 7.17. The Morgan fingerprint density at radius 1 is 1.40 bits per heavy atom. The Balaban J connectivity index is 2.18. The fourth-order valence-electron chi connectivity index (χ4n) is 1.68. The van der Waals surface area contributed by atoms with Gasteiger partial charge in [0.15, 0.2) is 0 Å². The van der Waals surface area contributed by atoms with Crippen LogP contribution in [0.3, 0.4) is 0 Å². The number of aryl methyl sites for hydroxylation is 1. The van der Waals surface area contributed by atoms with Crippen molar-refractivity contribution in [3.8, 4) is 0 Å². The lowest BCUT2D eigenvalue weighted by Crippen LogP contribution is -1.97. The fourth-order valence-corrected chi connectivity index (χ4v) is 2.67. The Labute approximate surface area is 93.7 Å². The number of carbonyl (C=O) groups excluding carboxylic acids is 1. The molecule has 2 heteroatoms. The summed E-state index contributed by atoms with van der Waals surface area (Å²) in [6, 6.07) is 8.44. The number of thiophene rings is 1. The molecule has 1 atom stereocenters. The molecule has 0 aliphatic heterocycles. The van der Waals surface area contributed by atoms with Gasteiger partial charge in [-0.3, -0.25) is 0 Å². The zero-order valence-electron chi connectivity index (χ0n) is 8.77. The lowest BCUT2D eigenvalue weighted by atomic mass is 10.0. The van der Waals surface area contributed by atoms with Crippen molar-refractivity contribution >= 4 is 27.7 Å². The van der Waals surface area contributed by atoms with Gasteiger partial charge in [0.05, 0.1) is 0 Å². The first-order valence-corrected chi connectivity index (χ1v) is 6.09. The maximum absolute atomic E-state index is 10.5. The lowest BCUT2D eigenvalue weighted by Gasteiger charge is -2.02. The van der Waals surface area contributed by atoms with Crippen molar-refractivity contribution in [1.29, 1.82) is 0 Å². The highest BCUT2D eigenvalue weighted by atomic mass is 32.1. The van der Waals surface area contributed by atoms with Crippen molar-refractivity contribution < 1.29 is 4.79 Å². The van der Waals surface area contributed by atoms with Crippen LogP contribution in [0, 0.1) is 5.92 Å². The topological polar surface area (TPSA) is 17.1 Å². The average Bonchev–Trinajstić information content (AvgIpc) is 2.69. The van der Waals surface area contributed by atoms with Crippen LogP contribution in [-0.2, 0) is 11.2 Å². The summed E-state index contributed by atoms with van der Waals surface area (Å²) in [5.41, 5.74) is 1.38. The first kappa shape index (κ1) is 10.4. The number of hydrogen-bond donors (Lipinski definition) is 0. The molecule has 0 fully saturated rings. The number of rotatable bonds is 4. The summed E-state index contributed by atoms with van der Waals surface area (Å²) < 4.78 is 1.34. The van der Waals surface area contributed by atoms with Gasteiger partial charge in [0.1, 0.15) is 6.29 Å². The molecule has 0 radical (unpaired) electrons.